The van der Waals surface area contributed by atoms with Crippen LogP contribution in [0.15, 0.2) is 30.3 Å². The Morgan fingerprint density at radius 2 is 1.54 bits per heavy atom. The number of ether oxygens (including phenoxy) is 5. The van der Waals surface area contributed by atoms with E-state index in [-0.39, 0.29) is 28.5 Å². The van der Waals surface area contributed by atoms with Crippen LogP contribution < -0.4 is 0 Å². The van der Waals surface area contributed by atoms with E-state index < -0.39 is 17.2 Å². The fraction of sp³-hybridized carbons (Fsp3) is 0.793. The van der Waals surface area contributed by atoms with Crippen LogP contribution in [0.25, 0.3) is 0 Å². The molecule has 3 aliphatic heterocycles. The van der Waals surface area contributed by atoms with Gasteiger partial charge in [0.15, 0.2) is 11.6 Å². The third-order valence-electron chi connectivity index (χ3n) is 11.9. The van der Waals surface area contributed by atoms with Crippen molar-refractivity contribution in [3.63, 3.8) is 0 Å². The number of hydrogen-bond acceptors (Lipinski definition) is 6. The van der Waals surface area contributed by atoms with Gasteiger partial charge in [0.25, 0.3) is 0 Å². The molecule has 7 aliphatic rings. The molecule has 1 aromatic carbocycles. The molecule has 0 amide bonds. The van der Waals surface area contributed by atoms with E-state index in [2.05, 4.69) is 38.1 Å². The summed E-state index contributed by atoms with van der Waals surface area (Å²) in [6, 6.07) is 10.4. The number of rotatable bonds is 1. The number of fused-ring (bicyclic) bond motifs is 5. The third-order valence-corrected chi connectivity index (χ3v) is 11.9. The zero-order valence-electron chi connectivity index (χ0n) is 21.0. The minimum Gasteiger partial charge on any atom is -0.385 e. The van der Waals surface area contributed by atoms with Gasteiger partial charge in [-0.2, -0.15) is 0 Å². The van der Waals surface area contributed by atoms with Crippen LogP contribution in [0.3, 0.4) is 0 Å². The van der Waals surface area contributed by atoms with E-state index in [0.29, 0.717) is 44.7 Å². The molecule has 35 heavy (non-hydrogen) atoms. The van der Waals surface area contributed by atoms with Crippen molar-refractivity contribution in [2.75, 3.05) is 26.4 Å². The van der Waals surface area contributed by atoms with E-state index in [9.17, 15) is 5.11 Å². The average Bonchev–Trinajstić information content (AvgIpc) is 3.19. The van der Waals surface area contributed by atoms with Gasteiger partial charge in [-0.05, 0) is 43.1 Å². The molecular weight excluding hydrogens is 444 g/mol. The monoisotopic (exact) mass is 482 g/mol. The summed E-state index contributed by atoms with van der Waals surface area (Å²) in [4.78, 5) is 0. The van der Waals surface area contributed by atoms with Crippen LogP contribution in [0.2, 0.25) is 0 Å². The maximum atomic E-state index is 13.1. The molecule has 1 aromatic rings. The van der Waals surface area contributed by atoms with E-state index in [1.54, 1.807) is 0 Å². The summed E-state index contributed by atoms with van der Waals surface area (Å²) in [5.41, 5.74) is -0.624. The van der Waals surface area contributed by atoms with E-state index in [1.165, 1.54) is 0 Å². The highest BCUT2D eigenvalue weighted by atomic mass is 16.7. The van der Waals surface area contributed by atoms with Gasteiger partial charge in [-0.1, -0.05) is 44.2 Å². The molecule has 0 radical (unpaired) electrons. The Morgan fingerprint density at radius 1 is 0.829 bits per heavy atom. The van der Waals surface area contributed by atoms with Crippen molar-refractivity contribution in [1.82, 2.24) is 0 Å². The van der Waals surface area contributed by atoms with Gasteiger partial charge in [0, 0.05) is 36.0 Å². The zero-order valence-corrected chi connectivity index (χ0v) is 21.0. The Hall–Kier alpha value is -1.02. The number of benzene rings is 1. The second kappa shape index (κ2) is 6.69. The normalized spacial score (nSPS) is 52.7. The summed E-state index contributed by atoms with van der Waals surface area (Å²) in [5.74, 6) is -0.171. The van der Waals surface area contributed by atoms with Crippen LogP contribution in [0.1, 0.15) is 64.4 Å². The fourth-order valence-corrected chi connectivity index (χ4v) is 10.6. The quantitative estimate of drug-likeness (QED) is 0.607. The van der Waals surface area contributed by atoms with Gasteiger partial charge in [-0.15, -0.1) is 0 Å². The lowest BCUT2D eigenvalue weighted by Crippen LogP contribution is -2.68. The summed E-state index contributed by atoms with van der Waals surface area (Å²) in [7, 11) is 0. The molecule has 0 aromatic heterocycles. The Kier molecular flexibility index (Phi) is 4.21. The highest BCUT2D eigenvalue weighted by Gasteiger charge is 2.82. The van der Waals surface area contributed by atoms with Crippen molar-refractivity contribution in [2.24, 2.45) is 28.6 Å². The van der Waals surface area contributed by atoms with Crippen LogP contribution >= 0.6 is 0 Å². The highest BCUT2D eigenvalue weighted by molar-refractivity contribution is 5.34. The smallest absolute Gasteiger partial charge is 0.174 e. The number of aliphatic hydroxyl groups is 1. The molecule has 3 heterocycles. The second-order valence-electron chi connectivity index (χ2n) is 13.1. The predicted molar refractivity (Wildman–Crippen MR) is 126 cm³/mol. The SMILES string of the molecule is C[C@]12C[C@@](O)(c3ccccc3)[C@H]3[C@@H](C[C@@H]4O[C@@]45CC4(CC[C@]35C)OCCO4)[C@@H]1CCC21OCCO1. The first-order valence-electron chi connectivity index (χ1n) is 13.8. The Bertz CT molecular complexity index is 1030. The number of hydrogen-bond donors (Lipinski definition) is 1. The van der Waals surface area contributed by atoms with E-state index in [0.717, 1.165) is 44.1 Å². The summed E-state index contributed by atoms with van der Waals surface area (Å²) < 4.78 is 32.0. The minimum atomic E-state index is -0.982. The molecule has 4 aliphatic carbocycles. The standard InChI is InChI=1S/C29H38O6/c1-24-10-11-26(31-12-13-32-26)18-28(24)22(35-28)16-20-21-8-9-29(33-14-15-34-29)25(21,2)17-27(30,23(20)24)19-6-4-3-5-7-19/h3-7,20-23,30H,8-18H2,1-2H3/t20-,21-,22-,23-,24+,25-,27+,28-/m0/s1. The van der Waals surface area contributed by atoms with Crippen molar-refractivity contribution >= 4 is 0 Å². The lowest BCUT2D eigenvalue weighted by Gasteiger charge is -2.65. The molecule has 7 fully saturated rings. The fourth-order valence-electron chi connectivity index (χ4n) is 10.6. The summed E-state index contributed by atoms with van der Waals surface area (Å²) in [6.07, 6.45) is 6.46. The van der Waals surface area contributed by atoms with Gasteiger partial charge in [-0.3, -0.25) is 0 Å². The third kappa shape index (κ3) is 2.48. The van der Waals surface area contributed by atoms with Gasteiger partial charge in [0.2, 0.25) is 0 Å². The topological polar surface area (TPSA) is 69.7 Å². The molecule has 8 atom stereocenters. The Labute approximate surface area is 207 Å². The van der Waals surface area contributed by atoms with Gasteiger partial charge in [0.05, 0.1) is 38.1 Å². The zero-order chi connectivity index (χ0) is 23.7. The van der Waals surface area contributed by atoms with Crippen LogP contribution in [-0.2, 0) is 29.3 Å². The minimum absolute atomic E-state index is 0.101. The molecule has 1 N–H and O–H groups in total. The molecule has 0 bridgehead atoms. The summed E-state index contributed by atoms with van der Waals surface area (Å²) >= 11 is 0. The van der Waals surface area contributed by atoms with Crippen molar-refractivity contribution < 1.29 is 28.8 Å². The van der Waals surface area contributed by atoms with Crippen molar-refractivity contribution in [3.05, 3.63) is 35.9 Å². The predicted octanol–water partition coefficient (Wildman–Crippen LogP) is 4.14. The van der Waals surface area contributed by atoms with Crippen molar-refractivity contribution in [1.29, 1.82) is 0 Å². The molecule has 6 heteroatoms. The molecule has 4 saturated carbocycles. The Morgan fingerprint density at radius 3 is 2.29 bits per heavy atom. The molecule has 190 valence electrons. The van der Waals surface area contributed by atoms with Crippen LogP contribution in [0.4, 0.5) is 0 Å². The van der Waals surface area contributed by atoms with Crippen molar-refractivity contribution in [3.8, 4) is 0 Å². The average molecular weight is 483 g/mol. The van der Waals surface area contributed by atoms with Crippen LogP contribution in [0.5, 0.6) is 0 Å². The maximum absolute atomic E-state index is 13.1. The first-order chi connectivity index (χ1) is 16.8. The molecule has 0 unspecified atom stereocenters. The maximum Gasteiger partial charge on any atom is 0.174 e. The largest absolute Gasteiger partial charge is 0.385 e. The molecule has 6 nitrogen and oxygen atoms in total. The van der Waals surface area contributed by atoms with Gasteiger partial charge in [0.1, 0.15) is 5.60 Å². The molecule has 3 spiro atoms. The van der Waals surface area contributed by atoms with Gasteiger partial charge < -0.3 is 28.8 Å². The number of epoxide rings is 1. The highest BCUT2D eigenvalue weighted by Crippen LogP contribution is 2.78. The second-order valence-corrected chi connectivity index (χ2v) is 13.1. The van der Waals surface area contributed by atoms with Gasteiger partial charge >= 0.3 is 0 Å². The molecule has 3 saturated heterocycles. The van der Waals surface area contributed by atoms with Crippen LogP contribution in [0, 0.1) is 28.6 Å². The first-order valence-corrected chi connectivity index (χ1v) is 13.8. The first kappa shape index (κ1) is 22.0. The molecular formula is C29H38O6. The van der Waals surface area contributed by atoms with E-state index in [4.69, 9.17) is 23.7 Å². The van der Waals surface area contributed by atoms with Gasteiger partial charge in [-0.25, -0.2) is 0 Å². The van der Waals surface area contributed by atoms with E-state index in [1.807, 2.05) is 6.07 Å². The van der Waals surface area contributed by atoms with Crippen LogP contribution in [-0.4, -0.2) is 54.8 Å². The Balaban J connectivity index is 1.28. The lowest BCUT2D eigenvalue weighted by atomic mass is 9.40. The molecule has 8 rings (SSSR count). The van der Waals surface area contributed by atoms with Crippen molar-refractivity contribution in [2.45, 2.75) is 87.7 Å². The summed E-state index contributed by atoms with van der Waals surface area (Å²) in [6.45, 7) is 7.38. The summed E-state index contributed by atoms with van der Waals surface area (Å²) in [5, 5.41) is 13.1. The lowest BCUT2D eigenvalue weighted by molar-refractivity contribution is -0.296. The van der Waals surface area contributed by atoms with E-state index >= 15 is 0 Å².